The van der Waals surface area contributed by atoms with Gasteiger partial charge in [-0.3, -0.25) is 9.89 Å². The topological polar surface area (TPSA) is 67.4 Å². The lowest BCUT2D eigenvalue weighted by molar-refractivity contribution is -0.169. The average Bonchev–Trinajstić information content (AvgIpc) is 3.12. The molecule has 1 aromatic heterocycles. The first-order valence-corrected chi connectivity index (χ1v) is 9.36. The van der Waals surface area contributed by atoms with E-state index >= 15 is 0 Å². The second kappa shape index (κ2) is 7.96. The van der Waals surface area contributed by atoms with Crippen molar-refractivity contribution in [2.24, 2.45) is 0 Å². The van der Waals surface area contributed by atoms with Crippen molar-refractivity contribution in [1.29, 1.82) is 0 Å². The van der Waals surface area contributed by atoms with Crippen LogP contribution in [0.3, 0.4) is 0 Å². The molecule has 2 heterocycles. The van der Waals surface area contributed by atoms with E-state index in [1.807, 2.05) is 49.4 Å². The number of rotatable bonds is 5. The van der Waals surface area contributed by atoms with Crippen molar-refractivity contribution in [3.8, 4) is 5.75 Å². The normalized spacial score (nSPS) is 18.0. The summed E-state index contributed by atoms with van der Waals surface area (Å²) in [6.45, 7) is 5.06. The first-order chi connectivity index (χ1) is 13.6. The SMILES string of the molecule is CC(=O)C1COCCN1Oc1ccc(/C=C/c2n[nH]c3ccccc23)cc1C. The molecule has 1 aliphatic heterocycles. The van der Waals surface area contributed by atoms with Gasteiger partial charge in [0.05, 0.1) is 31.0 Å². The summed E-state index contributed by atoms with van der Waals surface area (Å²) in [5, 5.41) is 10.2. The van der Waals surface area contributed by atoms with Gasteiger partial charge in [-0.05, 0) is 49.2 Å². The predicted molar refractivity (Wildman–Crippen MR) is 109 cm³/mol. The molecule has 1 atom stereocenters. The number of hydrogen-bond donors (Lipinski definition) is 1. The third kappa shape index (κ3) is 3.83. The first kappa shape index (κ1) is 18.4. The van der Waals surface area contributed by atoms with Crippen LogP contribution in [0.1, 0.15) is 23.7 Å². The average molecular weight is 377 g/mol. The number of ketones is 1. The Labute approximate surface area is 163 Å². The zero-order chi connectivity index (χ0) is 19.5. The van der Waals surface area contributed by atoms with Gasteiger partial charge in [0.2, 0.25) is 0 Å². The van der Waals surface area contributed by atoms with Gasteiger partial charge in [-0.15, -0.1) is 5.06 Å². The van der Waals surface area contributed by atoms with Crippen LogP contribution in [0.5, 0.6) is 5.75 Å². The Morgan fingerprint density at radius 3 is 2.96 bits per heavy atom. The molecular formula is C22H23N3O3. The van der Waals surface area contributed by atoms with Crippen molar-refractivity contribution in [3.63, 3.8) is 0 Å². The number of fused-ring (bicyclic) bond motifs is 1. The Bertz CT molecular complexity index is 1020. The van der Waals surface area contributed by atoms with Crippen molar-refractivity contribution in [2.45, 2.75) is 19.9 Å². The lowest BCUT2D eigenvalue weighted by atomic mass is 10.1. The second-order valence-electron chi connectivity index (χ2n) is 6.95. The number of nitrogens with zero attached hydrogens (tertiary/aromatic N) is 2. The highest BCUT2D eigenvalue weighted by atomic mass is 16.7. The zero-order valence-corrected chi connectivity index (χ0v) is 16.0. The molecular weight excluding hydrogens is 354 g/mol. The van der Waals surface area contributed by atoms with Crippen LogP contribution in [-0.4, -0.2) is 46.8 Å². The molecule has 1 unspecified atom stereocenters. The van der Waals surface area contributed by atoms with Gasteiger partial charge in [0.1, 0.15) is 11.8 Å². The lowest BCUT2D eigenvalue weighted by Gasteiger charge is -2.33. The van der Waals surface area contributed by atoms with Crippen molar-refractivity contribution in [2.75, 3.05) is 19.8 Å². The third-order valence-corrected chi connectivity index (χ3v) is 4.90. The van der Waals surface area contributed by atoms with E-state index in [2.05, 4.69) is 22.3 Å². The molecule has 4 rings (SSSR count). The highest BCUT2D eigenvalue weighted by molar-refractivity contribution is 5.89. The van der Waals surface area contributed by atoms with E-state index in [0.29, 0.717) is 19.8 Å². The second-order valence-corrected chi connectivity index (χ2v) is 6.95. The maximum Gasteiger partial charge on any atom is 0.152 e. The van der Waals surface area contributed by atoms with Crippen molar-refractivity contribution in [3.05, 3.63) is 59.3 Å². The van der Waals surface area contributed by atoms with Crippen LogP contribution in [-0.2, 0) is 9.53 Å². The number of aromatic nitrogens is 2. The number of H-pyrrole nitrogens is 1. The van der Waals surface area contributed by atoms with Crippen LogP contribution in [0, 0.1) is 6.92 Å². The summed E-state index contributed by atoms with van der Waals surface area (Å²) in [6.07, 6.45) is 4.04. The number of hydroxylamine groups is 2. The molecule has 3 aromatic rings. The molecule has 2 aromatic carbocycles. The van der Waals surface area contributed by atoms with Gasteiger partial charge in [0.15, 0.2) is 5.78 Å². The fourth-order valence-corrected chi connectivity index (χ4v) is 3.31. The van der Waals surface area contributed by atoms with E-state index in [-0.39, 0.29) is 11.8 Å². The van der Waals surface area contributed by atoms with Gasteiger partial charge in [-0.25, -0.2) is 0 Å². The maximum absolute atomic E-state index is 11.8. The Hall–Kier alpha value is -2.96. The van der Waals surface area contributed by atoms with Crippen molar-refractivity contribution < 1.29 is 14.4 Å². The molecule has 0 saturated carbocycles. The maximum atomic E-state index is 11.8. The number of hydrogen-bond acceptors (Lipinski definition) is 5. The molecule has 6 nitrogen and oxygen atoms in total. The Balaban J connectivity index is 1.50. The van der Waals surface area contributed by atoms with E-state index in [1.165, 1.54) is 0 Å². The summed E-state index contributed by atoms with van der Waals surface area (Å²) < 4.78 is 5.40. The number of para-hydroxylation sites is 1. The summed E-state index contributed by atoms with van der Waals surface area (Å²) >= 11 is 0. The van der Waals surface area contributed by atoms with E-state index in [9.17, 15) is 4.79 Å². The van der Waals surface area contributed by atoms with Gasteiger partial charge in [0, 0.05) is 5.39 Å². The Kier molecular flexibility index (Phi) is 5.23. The third-order valence-electron chi connectivity index (χ3n) is 4.90. The predicted octanol–water partition coefficient (Wildman–Crippen LogP) is 3.63. The minimum absolute atomic E-state index is 0.0446. The summed E-state index contributed by atoms with van der Waals surface area (Å²) in [5.74, 6) is 0.790. The number of aryl methyl sites for hydroxylation is 1. The largest absolute Gasteiger partial charge is 0.405 e. The zero-order valence-electron chi connectivity index (χ0n) is 16.0. The standard InChI is InChI=1S/C22H23N3O3/c1-15-13-17(7-9-20-18-5-3-4-6-19(18)23-24-20)8-10-22(15)28-25-11-12-27-14-21(25)16(2)26/h3-10,13,21H,11-12,14H2,1-2H3,(H,23,24)/b9-7+. The summed E-state index contributed by atoms with van der Waals surface area (Å²) in [7, 11) is 0. The van der Waals surface area contributed by atoms with Crippen molar-refractivity contribution >= 4 is 28.8 Å². The lowest BCUT2D eigenvalue weighted by Crippen LogP contribution is -2.50. The minimum Gasteiger partial charge on any atom is -0.405 e. The van der Waals surface area contributed by atoms with Crippen LogP contribution in [0.4, 0.5) is 0 Å². The highest BCUT2D eigenvalue weighted by Crippen LogP contribution is 2.24. The Morgan fingerprint density at radius 1 is 1.29 bits per heavy atom. The molecule has 1 aliphatic rings. The number of benzene rings is 2. The molecule has 144 valence electrons. The van der Waals surface area contributed by atoms with Gasteiger partial charge in [-0.2, -0.15) is 5.10 Å². The smallest absolute Gasteiger partial charge is 0.152 e. The molecule has 0 aliphatic carbocycles. The molecule has 1 saturated heterocycles. The number of carbonyl (C=O) groups excluding carboxylic acids is 1. The molecule has 6 heteroatoms. The van der Waals surface area contributed by atoms with E-state index < -0.39 is 0 Å². The van der Waals surface area contributed by atoms with Gasteiger partial charge < -0.3 is 9.57 Å². The van der Waals surface area contributed by atoms with Crippen LogP contribution in [0.15, 0.2) is 42.5 Å². The van der Waals surface area contributed by atoms with E-state index in [1.54, 1.807) is 12.0 Å². The summed E-state index contributed by atoms with van der Waals surface area (Å²) in [5.41, 5.74) is 3.99. The first-order valence-electron chi connectivity index (χ1n) is 9.36. The van der Waals surface area contributed by atoms with E-state index in [0.717, 1.165) is 33.5 Å². The monoisotopic (exact) mass is 377 g/mol. The molecule has 0 radical (unpaired) electrons. The Morgan fingerprint density at radius 2 is 2.14 bits per heavy atom. The molecule has 1 fully saturated rings. The number of Topliss-reactive ketones (excluding diaryl/α,β-unsaturated/α-hetero) is 1. The molecule has 1 N–H and O–H groups in total. The highest BCUT2D eigenvalue weighted by Gasteiger charge is 2.29. The minimum atomic E-state index is -0.360. The summed E-state index contributed by atoms with van der Waals surface area (Å²) in [6, 6.07) is 13.7. The van der Waals surface area contributed by atoms with Gasteiger partial charge in [0.25, 0.3) is 0 Å². The van der Waals surface area contributed by atoms with Gasteiger partial charge in [-0.1, -0.05) is 30.3 Å². The van der Waals surface area contributed by atoms with Crippen molar-refractivity contribution in [1.82, 2.24) is 15.3 Å². The van der Waals surface area contributed by atoms with E-state index in [4.69, 9.17) is 9.57 Å². The number of ether oxygens (including phenoxy) is 1. The van der Waals surface area contributed by atoms with Gasteiger partial charge >= 0.3 is 0 Å². The number of morpholine rings is 1. The number of nitrogens with one attached hydrogen (secondary N) is 1. The molecule has 0 amide bonds. The number of carbonyl (C=O) groups is 1. The molecule has 0 bridgehead atoms. The fraction of sp³-hybridized carbons (Fsp3) is 0.273. The van der Waals surface area contributed by atoms with Crippen LogP contribution in [0.25, 0.3) is 23.1 Å². The number of aromatic amines is 1. The molecule has 0 spiro atoms. The fourth-order valence-electron chi connectivity index (χ4n) is 3.31. The molecule has 28 heavy (non-hydrogen) atoms. The van der Waals surface area contributed by atoms with Crippen LogP contribution >= 0.6 is 0 Å². The van der Waals surface area contributed by atoms with Crippen LogP contribution in [0.2, 0.25) is 0 Å². The quantitative estimate of drug-likeness (QED) is 0.735. The van der Waals surface area contributed by atoms with Crippen LogP contribution < -0.4 is 4.84 Å². The summed E-state index contributed by atoms with van der Waals surface area (Å²) in [4.78, 5) is 17.8.